The molecule has 0 N–H and O–H groups in total. The van der Waals surface area contributed by atoms with Gasteiger partial charge in [-0.1, -0.05) is 172 Å². The van der Waals surface area contributed by atoms with Gasteiger partial charge in [0.25, 0.3) is 0 Å². The van der Waals surface area contributed by atoms with Crippen LogP contribution in [0.2, 0.25) is 0 Å². The van der Waals surface area contributed by atoms with Gasteiger partial charge in [0, 0.05) is 28.0 Å². The second-order valence-corrected chi connectivity index (χ2v) is 16.1. The van der Waals surface area contributed by atoms with Gasteiger partial charge in [-0.15, -0.1) is 0 Å². The summed E-state index contributed by atoms with van der Waals surface area (Å²) in [5, 5.41) is 0. The Bertz CT molecular complexity index is 3020. The Kier molecular flexibility index (Phi) is 8.49. The Morgan fingerprint density at radius 2 is 0.817 bits per heavy atom. The summed E-state index contributed by atoms with van der Waals surface area (Å²) in [4.78, 5) is 2.33. The van der Waals surface area contributed by atoms with E-state index in [1.807, 2.05) is 12.1 Å². The van der Waals surface area contributed by atoms with Crippen LogP contribution in [0.25, 0.3) is 55.6 Å². The third-order valence-electron chi connectivity index (χ3n) is 12.2. The fourth-order valence-electron chi connectivity index (χ4n) is 9.01. The molecule has 3 heteroatoms. The van der Waals surface area contributed by atoms with Gasteiger partial charge in [0.05, 0.1) is 0 Å². The van der Waals surface area contributed by atoms with E-state index in [9.17, 15) is 0 Å². The molecule has 1 aliphatic heterocycles. The standard InChI is InChI=1S/C57H41NO2/c1-57(2)51-21-10-9-19-49(51)50-36-54-55(37-52(50)57)60-56-48(20-12-22-53(56)59-54)43-29-33-46(34-30-43)58(47-18-11-17-44(35-47)39-15-7-4-8-16-39)45-31-27-42(28-32-45)41-25-23-40(24-26-41)38-13-5-3-6-14-38/h3-37H,1-2H3. The molecule has 3 nitrogen and oxygen atoms in total. The lowest BCUT2D eigenvalue weighted by Crippen LogP contribution is -2.15. The van der Waals surface area contributed by atoms with Crippen LogP contribution in [0.4, 0.5) is 17.1 Å². The van der Waals surface area contributed by atoms with Crippen LogP contribution in [0.3, 0.4) is 0 Å². The maximum Gasteiger partial charge on any atom is 0.177 e. The highest BCUT2D eigenvalue weighted by atomic mass is 16.6. The van der Waals surface area contributed by atoms with Crippen LogP contribution < -0.4 is 14.4 Å². The van der Waals surface area contributed by atoms with Crippen LogP contribution in [0.1, 0.15) is 25.0 Å². The number of para-hydroxylation sites is 1. The van der Waals surface area contributed by atoms with Crippen molar-refractivity contribution in [2.45, 2.75) is 19.3 Å². The van der Waals surface area contributed by atoms with Crippen LogP contribution in [-0.4, -0.2) is 0 Å². The quantitative estimate of drug-likeness (QED) is 0.161. The van der Waals surface area contributed by atoms with Crippen molar-refractivity contribution in [2.75, 3.05) is 4.90 Å². The van der Waals surface area contributed by atoms with Gasteiger partial charge < -0.3 is 14.4 Å². The van der Waals surface area contributed by atoms with Crippen LogP contribution in [0.5, 0.6) is 23.0 Å². The molecule has 9 aromatic carbocycles. The van der Waals surface area contributed by atoms with E-state index in [0.29, 0.717) is 5.75 Å². The monoisotopic (exact) mass is 771 g/mol. The largest absolute Gasteiger partial charge is 0.449 e. The number of ether oxygens (including phenoxy) is 2. The van der Waals surface area contributed by atoms with Crippen molar-refractivity contribution in [3.05, 3.63) is 223 Å². The molecule has 0 unspecified atom stereocenters. The lowest BCUT2D eigenvalue weighted by molar-refractivity contribution is 0.360. The summed E-state index contributed by atoms with van der Waals surface area (Å²) < 4.78 is 13.4. The molecule has 0 saturated carbocycles. The van der Waals surface area contributed by atoms with Crippen molar-refractivity contribution >= 4 is 17.1 Å². The Hall–Kier alpha value is -7.62. The molecule has 2 aliphatic rings. The lowest BCUT2D eigenvalue weighted by atomic mass is 9.82. The molecule has 9 aromatic rings. The first-order valence-corrected chi connectivity index (χ1v) is 20.6. The molecule has 0 aromatic heterocycles. The van der Waals surface area contributed by atoms with E-state index in [-0.39, 0.29) is 5.41 Å². The number of benzene rings is 9. The second-order valence-electron chi connectivity index (χ2n) is 16.1. The minimum Gasteiger partial charge on any atom is -0.449 e. The van der Waals surface area contributed by atoms with Crippen molar-refractivity contribution < 1.29 is 9.47 Å². The number of rotatable bonds is 7. The highest BCUT2D eigenvalue weighted by Gasteiger charge is 2.37. The van der Waals surface area contributed by atoms with Crippen molar-refractivity contribution in [1.82, 2.24) is 0 Å². The van der Waals surface area contributed by atoms with Crippen LogP contribution in [-0.2, 0) is 5.41 Å². The molecule has 0 fully saturated rings. The number of nitrogens with zero attached hydrogens (tertiary/aromatic N) is 1. The van der Waals surface area contributed by atoms with Gasteiger partial charge in [-0.2, -0.15) is 0 Å². The number of fused-ring (bicyclic) bond motifs is 5. The van der Waals surface area contributed by atoms with Crippen molar-refractivity contribution in [2.24, 2.45) is 0 Å². The molecule has 0 amide bonds. The average molecular weight is 772 g/mol. The summed E-state index contributed by atoms with van der Waals surface area (Å²) >= 11 is 0. The van der Waals surface area contributed by atoms with E-state index in [1.54, 1.807) is 0 Å². The topological polar surface area (TPSA) is 21.7 Å². The van der Waals surface area contributed by atoms with Gasteiger partial charge in [-0.3, -0.25) is 0 Å². The van der Waals surface area contributed by atoms with Gasteiger partial charge in [0.15, 0.2) is 23.0 Å². The maximum absolute atomic E-state index is 6.79. The summed E-state index contributed by atoms with van der Waals surface area (Å²) in [5.74, 6) is 2.92. The predicted octanol–water partition coefficient (Wildman–Crippen LogP) is 16.0. The fraction of sp³-hybridized carbons (Fsp3) is 0.0526. The van der Waals surface area contributed by atoms with Gasteiger partial charge in [-0.05, 0) is 116 Å². The zero-order valence-corrected chi connectivity index (χ0v) is 33.5. The lowest BCUT2D eigenvalue weighted by Gasteiger charge is -2.27. The zero-order valence-electron chi connectivity index (χ0n) is 33.5. The molecule has 286 valence electrons. The van der Waals surface area contributed by atoms with Gasteiger partial charge >= 0.3 is 0 Å². The van der Waals surface area contributed by atoms with E-state index in [1.165, 1.54) is 50.1 Å². The molecule has 0 bridgehead atoms. The minimum atomic E-state index is -0.138. The summed E-state index contributed by atoms with van der Waals surface area (Å²) in [7, 11) is 0. The van der Waals surface area contributed by atoms with E-state index in [4.69, 9.17) is 9.47 Å². The molecule has 60 heavy (non-hydrogen) atoms. The normalized spacial score (nSPS) is 12.9. The summed E-state index contributed by atoms with van der Waals surface area (Å²) in [5.41, 5.74) is 17.2. The fourth-order valence-corrected chi connectivity index (χ4v) is 9.01. The number of hydrogen-bond acceptors (Lipinski definition) is 3. The zero-order chi connectivity index (χ0) is 40.2. The second kappa shape index (κ2) is 14.3. The Balaban J connectivity index is 0.933. The van der Waals surface area contributed by atoms with E-state index >= 15 is 0 Å². The van der Waals surface area contributed by atoms with Crippen molar-refractivity contribution in [3.8, 4) is 78.6 Å². The first-order chi connectivity index (χ1) is 29.5. The van der Waals surface area contributed by atoms with Crippen LogP contribution in [0, 0.1) is 0 Å². The maximum atomic E-state index is 6.79. The number of hydrogen-bond donors (Lipinski definition) is 0. The molecule has 1 heterocycles. The Morgan fingerprint density at radius 1 is 0.317 bits per heavy atom. The first kappa shape index (κ1) is 35.5. The smallest absolute Gasteiger partial charge is 0.177 e. The Morgan fingerprint density at radius 3 is 1.48 bits per heavy atom. The summed E-state index contributed by atoms with van der Waals surface area (Å²) in [6.07, 6.45) is 0. The average Bonchev–Trinajstić information content (AvgIpc) is 3.53. The number of anilines is 3. The highest BCUT2D eigenvalue weighted by Crippen LogP contribution is 2.56. The SMILES string of the molecule is CC1(C)c2ccccc2-c2cc3c(cc21)Oc1c(cccc1-c1ccc(N(c2ccc(-c4ccc(-c5ccccc5)cc4)cc2)c2cccc(-c4ccccc4)c2)cc1)O3. The molecule has 1 aliphatic carbocycles. The van der Waals surface area contributed by atoms with Crippen molar-refractivity contribution in [3.63, 3.8) is 0 Å². The molecule has 0 saturated heterocycles. The van der Waals surface area contributed by atoms with Crippen molar-refractivity contribution in [1.29, 1.82) is 0 Å². The van der Waals surface area contributed by atoms with E-state index < -0.39 is 0 Å². The molecule has 0 atom stereocenters. The van der Waals surface area contributed by atoms with Crippen LogP contribution in [0.15, 0.2) is 212 Å². The third kappa shape index (κ3) is 6.15. The summed E-state index contributed by atoms with van der Waals surface area (Å²) in [6.45, 7) is 4.57. The molecule has 0 spiro atoms. The minimum absolute atomic E-state index is 0.138. The summed E-state index contributed by atoms with van der Waals surface area (Å²) in [6, 6.07) is 75.4. The molecular formula is C57H41NO2. The van der Waals surface area contributed by atoms with E-state index in [0.717, 1.165) is 51.0 Å². The van der Waals surface area contributed by atoms with Crippen LogP contribution >= 0.6 is 0 Å². The van der Waals surface area contributed by atoms with Gasteiger partial charge in [0.1, 0.15) is 0 Å². The first-order valence-electron chi connectivity index (χ1n) is 20.6. The highest BCUT2D eigenvalue weighted by molar-refractivity contribution is 5.86. The Labute approximate surface area is 351 Å². The molecular weight excluding hydrogens is 731 g/mol. The van der Waals surface area contributed by atoms with E-state index in [2.05, 4.69) is 219 Å². The molecule has 0 radical (unpaired) electrons. The van der Waals surface area contributed by atoms with Gasteiger partial charge in [-0.25, -0.2) is 0 Å². The predicted molar refractivity (Wildman–Crippen MR) is 247 cm³/mol. The van der Waals surface area contributed by atoms with Gasteiger partial charge in [0.2, 0.25) is 0 Å². The third-order valence-corrected chi connectivity index (χ3v) is 12.2. The molecule has 11 rings (SSSR count).